The molecule has 0 radical (unpaired) electrons. The first-order valence-electron chi connectivity index (χ1n) is 6.75. The van der Waals surface area contributed by atoms with Gasteiger partial charge in [0.05, 0.1) is 12.5 Å². The van der Waals surface area contributed by atoms with Crippen molar-refractivity contribution in [2.75, 3.05) is 6.61 Å². The summed E-state index contributed by atoms with van der Waals surface area (Å²) in [7, 11) is 0. The topological polar surface area (TPSA) is 49.3 Å². The minimum atomic E-state index is -0.304. The number of amides is 1. The van der Waals surface area contributed by atoms with Crippen LogP contribution in [0.25, 0.3) is 0 Å². The largest absolute Gasteiger partial charge is 0.396 e. The number of rotatable bonds is 3. The molecule has 17 heavy (non-hydrogen) atoms. The van der Waals surface area contributed by atoms with Crippen LogP contribution < -0.4 is 5.32 Å². The van der Waals surface area contributed by atoms with Crippen molar-refractivity contribution in [3.63, 3.8) is 0 Å². The third kappa shape index (κ3) is 4.30. The lowest BCUT2D eigenvalue weighted by Crippen LogP contribution is -2.45. The van der Waals surface area contributed by atoms with Crippen molar-refractivity contribution in [1.82, 2.24) is 5.32 Å². The Kier molecular flexibility index (Phi) is 4.99. The molecule has 0 heterocycles. The van der Waals surface area contributed by atoms with Crippen LogP contribution in [-0.2, 0) is 4.79 Å². The van der Waals surface area contributed by atoms with E-state index in [1.807, 2.05) is 20.8 Å². The molecule has 0 bridgehead atoms. The van der Waals surface area contributed by atoms with Crippen molar-refractivity contribution in [1.29, 1.82) is 0 Å². The van der Waals surface area contributed by atoms with Gasteiger partial charge in [-0.2, -0.15) is 0 Å². The van der Waals surface area contributed by atoms with E-state index in [1.165, 1.54) is 12.8 Å². The first-order chi connectivity index (χ1) is 7.84. The van der Waals surface area contributed by atoms with E-state index < -0.39 is 0 Å². The van der Waals surface area contributed by atoms with Crippen molar-refractivity contribution < 1.29 is 9.90 Å². The van der Waals surface area contributed by atoms with Crippen molar-refractivity contribution >= 4 is 5.91 Å². The van der Waals surface area contributed by atoms with Gasteiger partial charge in [0, 0.05) is 6.04 Å². The third-order valence-electron chi connectivity index (χ3n) is 3.91. The number of hydrogen-bond donors (Lipinski definition) is 2. The van der Waals surface area contributed by atoms with E-state index in [0.717, 1.165) is 18.8 Å². The first kappa shape index (κ1) is 14.5. The standard InChI is InChI=1S/C14H27NO2/c1-10-5-7-11(8-6-10)15-13(17)12(9-16)14(2,3)4/h10-12,16H,5-9H2,1-4H3,(H,15,17). The quantitative estimate of drug-likeness (QED) is 0.797. The van der Waals surface area contributed by atoms with Crippen LogP contribution in [0, 0.1) is 17.3 Å². The van der Waals surface area contributed by atoms with Gasteiger partial charge in [0.15, 0.2) is 0 Å². The maximum atomic E-state index is 12.1. The second-order valence-corrected chi connectivity index (χ2v) is 6.57. The van der Waals surface area contributed by atoms with E-state index in [1.54, 1.807) is 0 Å². The highest BCUT2D eigenvalue weighted by Gasteiger charge is 2.32. The summed E-state index contributed by atoms with van der Waals surface area (Å²) in [5.74, 6) is 0.501. The summed E-state index contributed by atoms with van der Waals surface area (Å²) in [6.45, 7) is 8.19. The molecule has 1 fully saturated rings. The SMILES string of the molecule is CC1CCC(NC(=O)C(CO)C(C)(C)C)CC1. The lowest BCUT2D eigenvalue weighted by Gasteiger charge is -2.32. The lowest BCUT2D eigenvalue weighted by molar-refractivity contribution is -0.131. The van der Waals surface area contributed by atoms with Crippen LogP contribution in [-0.4, -0.2) is 23.7 Å². The molecule has 1 rings (SSSR count). The summed E-state index contributed by atoms with van der Waals surface area (Å²) in [4.78, 5) is 12.1. The molecule has 0 aromatic carbocycles. The monoisotopic (exact) mass is 241 g/mol. The third-order valence-corrected chi connectivity index (χ3v) is 3.91. The van der Waals surface area contributed by atoms with Crippen LogP contribution in [0.2, 0.25) is 0 Å². The Hall–Kier alpha value is -0.570. The smallest absolute Gasteiger partial charge is 0.226 e. The van der Waals surface area contributed by atoms with E-state index in [4.69, 9.17) is 0 Å². The van der Waals surface area contributed by atoms with Crippen LogP contribution in [0.3, 0.4) is 0 Å². The van der Waals surface area contributed by atoms with Crippen LogP contribution in [0.4, 0.5) is 0 Å². The van der Waals surface area contributed by atoms with Gasteiger partial charge in [0.2, 0.25) is 5.91 Å². The molecule has 0 saturated heterocycles. The predicted octanol–water partition coefficient (Wildman–Crippen LogP) is 2.34. The van der Waals surface area contributed by atoms with Crippen molar-refractivity contribution in [2.45, 2.75) is 59.4 Å². The van der Waals surface area contributed by atoms with Crippen LogP contribution in [0.5, 0.6) is 0 Å². The Labute approximate surface area is 105 Å². The molecule has 0 aliphatic heterocycles. The van der Waals surface area contributed by atoms with E-state index in [0.29, 0.717) is 6.04 Å². The van der Waals surface area contributed by atoms with Gasteiger partial charge in [-0.1, -0.05) is 27.7 Å². The highest BCUT2D eigenvalue weighted by Crippen LogP contribution is 2.27. The molecule has 1 unspecified atom stereocenters. The van der Waals surface area contributed by atoms with Gasteiger partial charge in [-0.25, -0.2) is 0 Å². The Balaban J connectivity index is 2.48. The van der Waals surface area contributed by atoms with E-state index in [2.05, 4.69) is 12.2 Å². The molecule has 1 aliphatic rings. The van der Waals surface area contributed by atoms with E-state index >= 15 is 0 Å². The average Bonchev–Trinajstić information content (AvgIpc) is 2.20. The Morgan fingerprint density at radius 2 is 1.82 bits per heavy atom. The van der Waals surface area contributed by atoms with E-state index in [9.17, 15) is 9.90 Å². The maximum absolute atomic E-state index is 12.1. The van der Waals surface area contributed by atoms with Gasteiger partial charge >= 0.3 is 0 Å². The van der Waals surface area contributed by atoms with Crippen LogP contribution >= 0.6 is 0 Å². The lowest BCUT2D eigenvalue weighted by atomic mass is 9.80. The van der Waals surface area contributed by atoms with Gasteiger partial charge in [0.25, 0.3) is 0 Å². The molecule has 100 valence electrons. The zero-order chi connectivity index (χ0) is 13.1. The maximum Gasteiger partial charge on any atom is 0.226 e. The number of hydrogen-bond acceptors (Lipinski definition) is 2. The Bertz CT molecular complexity index is 249. The molecule has 3 nitrogen and oxygen atoms in total. The molecule has 0 spiro atoms. The molecule has 0 aromatic rings. The van der Waals surface area contributed by atoms with Crippen molar-refractivity contribution in [3.05, 3.63) is 0 Å². The zero-order valence-electron chi connectivity index (χ0n) is 11.6. The van der Waals surface area contributed by atoms with Gasteiger partial charge in [-0.3, -0.25) is 4.79 Å². The number of carbonyl (C=O) groups excluding carboxylic acids is 1. The Morgan fingerprint density at radius 1 is 1.29 bits per heavy atom. The molecular weight excluding hydrogens is 214 g/mol. The molecule has 2 N–H and O–H groups in total. The molecular formula is C14H27NO2. The highest BCUT2D eigenvalue weighted by molar-refractivity contribution is 5.79. The highest BCUT2D eigenvalue weighted by atomic mass is 16.3. The summed E-state index contributed by atoms with van der Waals surface area (Å²) < 4.78 is 0. The van der Waals surface area contributed by atoms with Crippen LogP contribution in [0.1, 0.15) is 53.4 Å². The second-order valence-electron chi connectivity index (χ2n) is 6.57. The number of nitrogens with one attached hydrogen (secondary N) is 1. The molecule has 0 aromatic heterocycles. The summed E-state index contributed by atoms with van der Waals surface area (Å²) in [5, 5.41) is 12.4. The fraction of sp³-hybridized carbons (Fsp3) is 0.929. The fourth-order valence-corrected chi connectivity index (χ4v) is 2.46. The molecule has 3 heteroatoms. The minimum absolute atomic E-state index is 0.0135. The summed E-state index contributed by atoms with van der Waals surface area (Å²) in [6.07, 6.45) is 4.55. The zero-order valence-corrected chi connectivity index (χ0v) is 11.6. The van der Waals surface area contributed by atoms with E-state index in [-0.39, 0.29) is 23.8 Å². The summed E-state index contributed by atoms with van der Waals surface area (Å²) in [6, 6.07) is 0.315. The molecule has 1 atom stereocenters. The summed E-state index contributed by atoms with van der Waals surface area (Å²) >= 11 is 0. The Morgan fingerprint density at radius 3 is 2.24 bits per heavy atom. The van der Waals surface area contributed by atoms with Gasteiger partial charge in [0.1, 0.15) is 0 Å². The number of aliphatic hydroxyl groups is 1. The van der Waals surface area contributed by atoms with Crippen molar-refractivity contribution in [2.24, 2.45) is 17.3 Å². The van der Waals surface area contributed by atoms with Crippen molar-refractivity contribution in [3.8, 4) is 0 Å². The number of carbonyl (C=O) groups is 1. The molecule has 1 saturated carbocycles. The normalized spacial score (nSPS) is 27.6. The van der Waals surface area contributed by atoms with Crippen LogP contribution in [0.15, 0.2) is 0 Å². The number of aliphatic hydroxyl groups excluding tert-OH is 1. The predicted molar refractivity (Wildman–Crippen MR) is 69.6 cm³/mol. The summed E-state index contributed by atoms with van der Waals surface area (Å²) in [5.41, 5.74) is -0.180. The average molecular weight is 241 g/mol. The van der Waals surface area contributed by atoms with Gasteiger partial charge < -0.3 is 10.4 Å². The minimum Gasteiger partial charge on any atom is -0.396 e. The molecule has 1 aliphatic carbocycles. The second kappa shape index (κ2) is 5.85. The fourth-order valence-electron chi connectivity index (χ4n) is 2.46. The molecule has 1 amide bonds. The van der Waals surface area contributed by atoms with Gasteiger partial charge in [-0.15, -0.1) is 0 Å². The van der Waals surface area contributed by atoms with Gasteiger partial charge in [-0.05, 0) is 37.0 Å². The first-order valence-corrected chi connectivity index (χ1v) is 6.75.